The summed E-state index contributed by atoms with van der Waals surface area (Å²) in [6.45, 7) is 0.823. The molecule has 26 heavy (non-hydrogen) atoms. The van der Waals surface area contributed by atoms with Crippen molar-refractivity contribution in [3.63, 3.8) is 0 Å². The van der Waals surface area contributed by atoms with Crippen LogP contribution in [0.1, 0.15) is 21.5 Å². The molecular weight excluding hydrogens is 435 g/mol. The first-order valence-corrected chi connectivity index (χ1v) is 9.45. The maximum atomic E-state index is 13.1. The molecule has 0 saturated carbocycles. The minimum atomic E-state index is -0.0775. The largest absolute Gasteiger partial charge is 0.330 e. The molecule has 6 heteroatoms. The zero-order valence-electron chi connectivity index (χ0n) is 13.7. The molecule has 0 spiro atoms. The third kappa shape index (κ3) is 5.07. The van der Waals surface area contributed by atoms with E-state index in [1.165, 1.54) is 0 Å². The fourth-order valence-corrected chi connectivity index (χ4v) is 3.61. The first-order chi connectivity index (χ1) is 12.5. The molecule has 132 valence electrons. The molecule has 1 aromatic heterocycles. The zero-order chi connectivity index (χ0) is 18.5. The van der Waals surface area contributed by atoms with Gasteiger partial charge in [0.05, 0.1) is 0 Å². The Morgan fingerprint density at radius 2 is 1.69 bits per heavy atom. The summed E-state index contributed by atoms with van der Waals surface area (Å²) < 4.78 is 0.857. The molecule has 0 N–H and O–H groups in total. The number of hydrogen-bond acceptors (Lipinski definition) is 2. The van der Waals surface area contributed by atoms with Crippen molar-refractivity contribution >= 4 is 45.0 Å². The summed E-state index contributed by atoms with van der Waals surface area (Å²) in [5, 5.41) is 1.09. The number of aromatic nitrogens is 1. The van der Waals surface area contributed by atoms with Gasteiger partial charge in [0, 0.05) is 45.6 Å². The lowest BCUT2D eigenvalue weighted by Gasteiger charge is -2.23. The Balaban J connectivity index is 1.91. The van der Waals surface area contributed by atoms with Gasteiger partial charge in [-0.05, 0) is 53.6 Å². The maximum absolute atomic E-state index is 13.1. The molecule has 2 aromatic carbocycles. The van der Waals surface area contributed by atoms with Crippen LogP contribution in [0.15, 0.2) is 71.5 Å². The second-order valence-corrected chi connectivity index (χ2v) is 7.60. The molecule has 3 nitrogen and oxygen atoms in total. The zero-order valence-corrected chi connectivity index (χ0v) is 16.8. The van der Waals surface area contributed by atoms with Gasteiger partial charge in [-0.3, -0.25) is 9.78 Å². The lowest BCUT2D eigenvalue weighted by atomic mass is 10.1. The third-order valence-electron chi connectivity index (χ3n) is 3.75. The van der Waals surface area contributed by atoms with Crippen molar-refractivity contribution in [3.05, 3.63) is 98.2 Å². The second-order valence-electron chi connectivity index (χ2n) is 5.81. The minimum Gasteiger partial charge on any atom is -0.330 e. The molecule has 1 amide bonds. The van der Waals surface area contributed by atoms with Gasteiger partial charge in [-0.2, -0.15) is 0 Å². The molecule has 3 rings (SSSR count). The molecular formula is C20H15BrCl2N2O. The lowest BCUT2D eigenvalue weighted by Crippen LogP contribution is -2.30. The number of carbonyl (C=O) groups is 1. The lowest BCUT2D eigenvalue weighted by molar-refractivity contribution is 0.0730. The molecule has 0 bridgehead atoms. The first kappa shape index (κ1) is 18.9. The number of halogens is 3. The van der Waals surface area contributed by atoms with Crippen LogP contribution in [-0.2, 0) is 13.1 Å². The van der Waals surface area contributed by atoms with E-state index in [4.69, 9.17) is 23.2 Å². The monoisotopic (exact) mass is 448 g/mol. The Bertz CT molecular complexity index is 898. The predicted octanol–water partition coefficient (Wildman–Crippen LogP) is 5.99. The van der Waals surface area contributed by atoms with Gasteiger partial charge in [0.1, 0.15) is 0 Å². The van der Waals surface area contributed by atoms with Crippen LogP contribution in [0.5, 0.6) is 0 Å². The number of carbonyl (C=O) groups excluding carboxylic acids is 1. The van der Waals surface area contributed by atoms with Crippen LogP contribution in [0.2, 0.25) is 10.0 Å². The quantitative estimate of drug-likeness (QED) is 0.479. The standard InChI is InChI=1S/C20H15BrCl2N2O/c21-17-5-1-4-16(9-17)20(26)25(12-14-3-2-6-24-11-14)13-15-7-18(22)10-19(23)8-15/h1-11H,12-13H2. The van der Waals surface area contributed by atoms with Gasteiger partial charge >= 0.3 is 0 Å². The van der Waals surface area contributed by atoms with Crippen LogP contribution in [0, 0.1) is 0 Å². The molecule has 0 saturated heterocycles. The average molecular weight is 450 g/mol. The van der Waals surface area contributed by atoms with E-state index in [0.29, 0.717) is 28.7 Å². The van der Waals surface area contributed by atoms with Crippen LogP contribution in [0.25, 0.3) is 0 Å². The van der Waals surface area contributed by atoms with E-state index in [-0.39, 0.29) is 5.91 Å². The SMILES string of the molecule is O=C(c1cccc(Br)c1)N(Cc1cccnc1)Cc1cc(Cl)cc(Cl)c1. The highest BCUT2D eigenvalue weighted by atomic mass is 79.9. The summed E-state index contributed by atoms with van der Waals surface area (Å²) in [5.41, 5.74) is 2.43. The summed E-state index contributed by atoms with van der Waals surface area (Å²) in [7, 11) is 0. The average Bonchev–Trinajstić information content (AvgIpc) is 2.60. The van der Waals surface area contributed by atoms with Gasteiger partial charge < -0.3 is 4.90 Å². The normalized spacial score (nSPS) is 10.6. The highest BCUT2D eigenvalue weighted by Gasteiger charge is 2.17. The number of amides is 1. The van der Waals surface area contributed by atoms with Crippen molar-refractivity contribution in [2.24, 2.45) is 0 Å². The summed E-state index contributed by atoms with van der Waals surface area (Å²) in [4.78, 5) is 19.0. The maximum Gasteiger partial charge on any atom is 0.254 e. The van der Waals surface area contributed by atoms with E-state index in [1.807, 2.05) is 42.5 Å². The third-order valence-corrected chi connectivity index (χ3v) is 4.68. The Morgan fingerprint density at radius 3 is 2.35 bits per heavy atom. The van der Waals surface area contributed by atoms with Gasteiger partial charge in [-0.1, -0.05) is 51.3 Å². The van der Waals surface area contributed by atoms with Crippen LogP contribution in [0.4, 0.5) is 0 Å². The van der Waals surface area contributed by atoms with E-state index < -0.39 is 0 Å². The van der Waals surface area contributed by atoms with E-state index in [0.717, 1.165) is 15.6 Å². The van der Waals surface area contributed by atoms with E-state index >= 15 is 0 Å². The number of nitrogens with zero attached hydrogens (tertiary/aromatic N) is 2. The Kier molecular flexibility index (Phi) is 6.30. The van der Waals surface area contributed by atoms with Crippen molar-refractivity contribution in [2.75, 3.05) is 0 Å². The van der Waals surface area contributed by atoms with Crippen LogP contribution < -0.4 is 0 Å². The highest BCUT2D eigenvalue weighted by Crippen LogP contribution is 2.22. The smallest absolute Gasteiger partial charge is 0.254 e. The topological polar surface area (TPSA) is 33.2 Å². The van der Waals surface area contributed by atoms with Gasteiger partial charge in [-0.25, -0.2) is 0 Å². The molecule has 3 aromatic rings. The molecule has 0 fully saturated rings. The molecule has 0 atom stereocenters. The molecule has 0 aliphatic heterocycles. The summed E-state index contributed by atoms with van der Waals surface area (Å²) in [6.07, 6.45) is 3.47. The van der Waals surface area contributed by atoms with E-state index in [2.05, 4.69) is 20.9 Å². The van der Waals surface area contributed by atoms with Crippen molar-refractivity contribution in [1.29, 1.82) is 0 Å². The fraction of sp³-hybridized carbons (Fsp3) is 0.100. The number of pyridine rings is 1. The van der Waals surface area contributed by atoms with E-state index in [1.54, 1.807) is 29.4 Å². The van der Waals surface area contributed by atoms with Crippen molar-refractivity contribution < 1.29 is 4.79 Å². The van der Waals surface area contributed by atoms with Gasteiger partial charge in [-0.15, -0.1) is 0 Å². The van der Waals surface area contributed by atoms with Crippen molar-refractivity contribution in [2.45, 2.75) is 13.1 Å². The Morgan fingerprint density at radius 1 is 0.962 bits per heavy atom. The van der Waals surface area contributed by atoms with Crippen LogP contribution in [0.3, 0.4) is 0 Å². The molecule has 0 radical (unpaired) electrons. The van der Waals surface area contributed by atoms with Crippen LogP contribution in [-0.4, -0.2) is 15.8 Å². The number of hydrogen-bond donors (Lipinski definition) is 0. The molecule has 0 unspecified atom stereocenters. The number of benzene rings is 2. The summed E-state index contributed by atoms with van der Waals surface area (Å²) in [5.74, 6) is -0.0775. The van der Waals surface area contributed by atoms with Crippen molar-refractivity contribution in [3.8, 4) is 0 Å². The molecule has 0 aliphatic carbocycles. The Labute approximate surface area is 170 Å². The predicted molar refractivity (Wildman–Crippen MR) is 108 cm³/mol. The van der Waals surface area contributed by atoms with Gasteiger partial charge in [0.15, 0.2) is 0 Å². The van der Waals surface area contributed by atoms with Gasteiger partial charge in [0.2, 0.25) is 0 Å². The van der Waals surface area contributed by atoms with Crippen molar-refractivity contribution in [1.82, 2.24) is 9.88 Å². The van der Waals surface area contributed by atoms with E-state index in [9.17, 15) is 4.79 Å². The van der Waals surface area contributed by atoms with Crippen LogP contribution >= 0.6 is 39.1 Å². The molecule has 0 aliphatic rings. The minimum absolute atomic E-state index is 0.0775. The fourth-order valence-electron chi connectivity index (χ4n) is 2.64. The second kappa shape index (κ2) is 8.67. The summed E-state index contributed by atoms with van der Waals surface area (Å²) >= 11 is 15.6. The summed E-state index contributed by atoms with van der Waals surface area (Å²) in [6, 6.07) is 16.4. The highest BCUT2D eigenvalue weighted by molar-refractivity contribution is 9.10. The van der Waals surface area contributed by atoms with Gasteiger partial charge in [0.25, 0.3) is 5.91 Å². The Hall–Kier alpha value is -1.88. The number of rotatable bonds is 5. The molecule has 1 heterocycles. The first-order valence-electron chi connectivity index (χ1n) is 7.90.